The molecule has 3 nitrogen and oxygen atoms in total. The first kappa shape index (κ1) is 15.0. The van der Waals surface area contributed by atoms with Crippen LogP contribution in [0.15, 0.2) is 0 Å². The predicted molar refractivity (Wildman–Crippen MR) is 79.3 cm³/mol. The summed E-state index contributed by atoms with van der Waals surface area (Å²) in [6.45, 7) is 5.59. The summed E-state index contributed by atoms with van der Waals surface area (Å²) < 4.78 is 0. The fourth-order valence-corrected chi connectivity index (χ4v) is 3.77. The molecule has 0 aromatic rings. The number of likely N-dealkylation sites (tertiary alicyclic amines) is 1. The molecule has 0 spiro atoms. The van der Waals surface area contributed by atoms with Gasteiger partial charge < -0.3 is 9.80 Å². The molecule has 3 atom stereocenters. The molecule has 110 valence electrons. The lowest BCUT2D eigenvalue weighted by molar-refractivity contribution is -0.126. The van der Waals surface area contributed by atoms with Crippen LogP contribution in [0.25, 0.3) is 0 Å². The first-order valence-electron chi connectivity index (χ1n) is 8.01. The average Bonchev–Trinajstić information content (AvgIpc) is 2.78. The van der Waals surface area contributed by atoms with Crippen LogP contribution in [0.1, 0.15) is 45.4 Å². The van der Waals surface area contributed by atoms with Crippen molar-refractivity contribution < 1.29 is 4.79 Å². The van der Waals surface area contributed by atoms with E-state index in [-0.39, 0.29) is 0 Å². The fourth-order valence-electron chi connectivity index (χ4n) is 3.77. The molecule has 2 rings (SSSR count). The molecule has 0 aromatic heterocycles. The molecule has 2 fully saturated rings. The number of carbonyl (C=O) groups excluding carboxylic acids is 1. The van der Waals surface area contributed by atoms with Crippen molar-refractivity contribution in [3.05, 3.63) is 0 Å². The topological polar surface area (TPSA) is 23.6 Å². The van der Waals surface area contributed by atoms with Gasteiger partial charge in [0.1, 0.15) is 5.78 Å². The Kier molecular flexibility index (Phi) is 5.40. The number of rotatable bonds is 5. The van der Waals surface area contributed by atoms with Crippen LogP contribution in [-0.2, 0) is 4.79 Å². The maximum Gasteiger partial charge on any atom is 0.137 e. The molecule has 0 bridgehead atoms. The molecule has 1 aliphatic carbocycles. The second-order valence-corrected chi connectivity index (χ2v) is 6.71. The molecule has 1 saturated carbocycles. The normalized spacial score (nSPS) is 33.3. The van der Waals surface area contributed by atoms with Gasteiger partial charge in [-0.2, -0.15) is 0 Å². The Balaban J connectivity index is 1.80. The summed E-state index contributed by atoms with van der Waals surface area (Å²) >= 11 is 0. The molecule has 1 heterocycles. The minimum absolute atomic E-state index is 0.301. The zero-order valence-corrected chi connectivity index (χ0v) is 12.9. The Labute approximate surface area is 118 Å². The maximum atomic E-state index is 12.1. The van der Waals surface area contributed by atoms with Gasteiger partial charge in [0.05, 0.1) is 0 Å². The Morgan fingerprint density at radius 3 is 2.74 bits per heavy atom. The van der Waals surface area contributed by atoms with Crippen molar-refractivity contribution in [2.75, 3.05) is 33.7 Å². The zero-order valence-electron chi connectivity index (χ0n) is 12.9. The number of hydrogen-bond acceptors (Lipinski definition) is 3. The van der Waals surface area contributed by atoms with E-state index >= 15 is 0 Å². The van der Waals surface area contributed by atoms with Gasteiger partial charge in [0.15, 0.2) is 0 Å². The third kappa shape index (κ3) is 4.03. The first-order valence-corrected chi connectivity index (χ1v) is 8.01. The van der Waals surface area contributed by atoms with Crippen LogP contribution in [0.2, 0.25) is 0 Å². The SMILES string of the molecule is CCC1CCC(=O)C(CN(C)CC2CCCN2C)C1. The number of hydrogen-bond donors (Lipinski definition) is 0. The van der Waals surface area contributed by atoms with Crippen LogP contribution in [0.3, 0.4) is 0 Å². The van der Waals surface area contributed by atoms with Gasteiger partial charge in [0.25, 0.3) is 0 Å². The number of nitrogens with zero attached hydrogens (tertiary/aromatic N) is 2. The molecule has 1 aliphatic heterocycles. The van der Waals surface area contributed by atoms with Gasteiger partial charge in [-0.3, -0.25) is 4.79 Å². The van der Waals surface area contributed by atoms with Crippen molar-refractivity contribution in [3.63, 3.8) is 0 Å². The van der Waals surface area contributed by atoms with Crippen molar-refractivity contribution >= 4 is 5.78 Å². The highest BCUT2D eigenvalue weighted by molar-refractivity contribution is 5.81. The van der Waals surface area contributed by atoms with Crippen LogP contribution >= 0.6 is 0 Å². The molecule has 3 unspecified atom stereocenters. The summed E-state index contributed by atoms with van der Waals surface area (Å²) in [6, 6.07) is 0.700. The molecule has 0 radical (unpaired) electrons. The minimum Gasteiger partial charge on any atom is -0.304 e. The Morgan fingerprint density at radius 1 is 1.32 bits per heavy atom. The summed E-state index contributed by atoms with van der Waals surface area (Å²) in [7, 11) is 4.42. The summed E-state index contributed by atoms with van der Waals surface area (Å²) in [5, 5.41) is 0. The largest absolute Gasteiger partial charge is 0.304 e. The highest BCUT2D eigenvalue weighted by Crippen LogP contribution is 2.29. The lowest BCUT2D eigenvalue weighted by atomic mass is 9.79. The third-order valence-electron chi connectivity index (χ3n) is 5.18. The van der Waals surface area contributed by atoms with Crippen LogP contribution in [0, 0.1) is 11.8 Å². The van der Waals surface area contributed by atoms with E-state index in [0.717, 1.165) is 38.3 Å². The van der Waals surface area contributed by atoms with Gasteiger partial charge in [-0.05, 0) is 52.2 Å². The summed E-state index contributed by atoms with van der Waals surface area (Å²) in [5.41, 5.74) is 0. The van der Waals surface area contributed by atoms with Gasteiger partial charge in [-0.15, -0.1) is 0 Å². The van der Waals surface area contributed by atoms with Gasteiger partial charge in [-0.1, -0.05) is 13.3 Å². The van der Waals surface area contributed by atoms with Gasteiger partial charge in [0.2, 0.25) is 0 Å². The van der Waals surface area contributed by atoms with E-state index in [4.69, 9.17) is 0 Å². The number of likely N-dealkylation sites (N-methyl/N-ethyl adjacent to an activating group) is 2. The van der Waals surface area contributed by atoms with E-state index < -0.39 is 0 Å². The highest BCUT2D eigenvalue weighted by Gasteiger charge is 2.29. The number of Topliss-reactive ketones (excluding diaryl/α,β-unsaturated/α-hetero) is 1. The van der Waals surface area contributed by atoms with Crippen molar-refractivity contribution in [2.24, 2.45) is 11.8 Å². The van der Waals surface area contributed by atoms with Gasteiger partial charge in [0, 0.05) is 31.5 Å². The number of ketones is 1. The lowest BCUT2D eigenvalue weighted by Crippen LogP contribution is -2.41. The fraction of sp³-hybridized carbons (Fsp3) is 0.938. The van der Waals surface area contributed by atoms with Crippen molar-refractivity contribution in [2.45, 2.75) is 51.5 Å². The monoisotopic (exact) mass is 266 g/mol. The summed E-state index contributed by atoms with van der Waals surface area (Å²) in [6.07, 6.45) is 6.95. The van der Waals surface area contributed by atoms with E-state index in [9.17, 15) is 4.79 Å². The molecule has 1 saturated heterocycles. The summed E-state index contributed by atoms with van der Waals surface area (Å²) in [4.78, 5) is 16.9. The molecular formula is C16H30N2O. The maximum absolute atomic E-state index is 12.1. The predicted octanol–water partition coefficient (Wildman–Crippen LogP) is 2.41. The molecule has 0 N–H and O–H groups in total. The van der Waals surface area contributed by atoms with E-state index in [1.54, 1.807) is 0 Å². The molecule has 3 heteroatoms. The quantitative estimate of drug-likeness (QED) is 0.763. The van der Waals surface area contributed by atoms with Crippen molar-refractivity contribution in [1.82, 2.24) is 9.80 Å². The van der Waals surface area contributed by atoms with Crippen LogP contribution in [0.5, 0.6) is 0 Å². The third-order valence-corrected chi connectivity index (χ3v) is 5.18. The Morgan fingerprint density at radius 2 is 2.11 bits per heavy atom. The minimum atomic E-state index is 0.301. The lowest BCUT2D eigenvalue weighted by Gasteiger charge is -2.32. The molecule has 2 aliphatic rings. The van der Waals surface area contributed by atoms with Crippen LogP contribution in [-0.4, -0.2) is 55.4 Å². The van der Waals surface area contributed by atoms with Gasteiger partial charge in [-0.25, -0.2) is 0 Å². The first-order chi connectivity index (χ1) is 9.10. The average molecular weight is 266 g/mol. The van der Waals surface area contributed by atoms with E-state index in [2.05, 4.69) is 30.8 Å². The molecular weight excluding hydrogens is 236 g/mol. The standard InChI is InChI=1S/C16H30N2O/c1-4-13-7-8-16(19)14(10-13)11-17(2)12-15-6-5-9-18(15)3/h13-15H,4-12H2,1-3H3. The second kappa shape index (κ2) is 6.85. The number of carbonyl (C=O) groups is 1. The molecule has 0 aromatic carbocycles. The van der Waals surface area contributed by atoms with Gasteiger partial charge >= 0.3 is 0 Å². The molecule has 19 heavy (non-hydrogen) atoms. The smallest absolute Gasteiger partial charge is 0.137 e. The molecule has 0 amide bonds. The Hall–Kier alpha value is -0.410. The van der Waals surface area contributed by atoms with E-state index in [1.165, 1.54) is 25.8 Å². The van der Waals surface area contributed by atoms with Crippen LogP contribution < -0.4 is 0 Å². The van der Waals surface area contributed by atoms with E-state index in [1.807, 2.05) is 0 Å². The highest BCUT2D eigenvalue weighted by atomic mass is 16.1. The zero-order chi connectivity index (χ0) is 13.8. The van der Waals surface area contributed by atoms with Crippen molar-refractivity contribution in [1.29, 1.82) is 0 Å². The Bertz CT molecular complexity index is 305. The van der Waals surface area contributed by atoms with Crippen LogP contribution in [0.4, 0.5) is 0 Å². The van der Waals surface area contributed by atoms with Crippen molar-refractivity contribution in [3.8, 4) is 0 Å². The van der Waals surface area contributed by atoms with E-state index in [0.29, 0.717) is 17.7 Å². The summed E-state index contributed by atoms with van der Waals surface area (Å²) in [5.74, 6) is 1.59. The second-order valence-electron chi connectivity index (χ2n) is 6.71.